The van der Waals surface area contributed by atoms with Crippen molar-refractivity contribution >= 4 is 16.7 Å². The molecule has 0 spiro atoms. The number of benzene rings is 1. The maximum atomic E-state index is 11.4. The maximum absolute atomic E-state index is 11.4. The Kier molecular flexibility index (Phi) is 2.63. The highest BCUT2D eigenvalue weighted by molar-refractivity contribution is 6.01. The van der Waals surface area contributed by atoms with Crippen molar-refractivity contribution in [3.8, 4) is 0 Å². The lowest BCUT2D eigenvalue weighted by Gasteiger charge is -2.03. The van der Waals surface area contributed by atoms with E-state index in [2.05, 4.69) is 15.0 Å². The number of aromatic nitrogens is 2. The van der Waals surface area contributed by atoms with Gasteiger partial charge in [-0.25, -0.2) is 15.7 Å². The molecule has 0 saturated heterocycles. The number of nitrogens with two attached hydrogens (primary N) is 1. The first-order valence-electron chi connectivity index (χ1n) is 4.38. The highest BCUT2D eigenvalue weighted by Crippen LogP contribution is 2.12. The van der Waals surface area contributed by atoms with Gasteiger partial charge in [0, 0.05) is 5.39 Å². The lowest BCUT2D eigenvalue weighted by Crippen LogP contribution is -2.27. The second-order valence-electron chi connectivity index (χ2n) is 2.95. The zero-order valence-electron chi connectivity index (χ0n) is 8.06. The van der Waals surface area contributed by atoms with Gasteiger partial charge in [0.15, 0.2) is 5.69 Å². The van der Waals surface area contributed by atoms with Crippen molar-refractivity contribution in [2.24, 2.45) is 5.84 Å². The number of H-pyrrole nitrogens is 1. The summed E-state index contributed by atoms with van der Waals surface area (Å²) in [6.45, 7) is 0. The third-order valence-electron chi connectivity index (χ3n) is 2.04. The maximum Gasteiger partial charge on any atom is 0.379 e. The summed E-state index contributed by atoms with van der Waals surface area (Å²) in [6, 6.07) is 6.57. The lowest BCUT2D eigenvalue weighted by molar-refractivity contribution is 0.0248. The highest BCUT2D eigenvalue weighted by Gasteiger charge is 2.14. The summed E-state index contributed by atoms with van der Waals surface area (Å²) in [5, 5.41) is 6.60. The van der Waals surface area contributed by atoms with Crippen molar-refractivity contribution < 1.29 is 9.63 Å². The van der Waals surface area contributed by atoms with Crippen LogP contribution in [0.15, 0.2) is 29.1 Å². The molecule has 16 heavy (non-hydrogen) atoms. The summed E-state index contributed by atoms with van der Waals surface area (Å²) in [6.07, 6.45) is 0. The van der Waals surface area contributed by atoms with Crippen molar-refractivity contribution in [3.05, 3.63) is 40.3 Å². The minimum Gasteiger partial charge on any atom is -0.350 e. The normalized spacial score (nSPS) is 10.3. The molecule has 0 radical (unpaired) electrons. The van der Waals surface area contributed by atoms with Crippen LogP contribution in [-0.2, 0) is 4.84 Å². The molecular weight excluding hydrogens is 212 g/mol. The van der Waals surface area contributed by atoms with Crippen molar-refractivity contribution in [2.45, 2.75) is 0 Å². The van der Waals surface area contributed by atoms with E-state index in [9.17, 15) is 9.59 Å². The van der Waals surface area contributed by atoms with E-state index >= 15 is 0 Å². The molecule has 1 aromatic carbocycles. The number of rotatable bonds is 2. The van der Waals surface area contributed by atoms with Crippen LogP contribution >= 0.6 is 0 Å². The Morgan fingerprint density at radius 2 is 2.06 bits per heavy atom. The minimum absolute atomic E-state index is 0.00634. The zero-order valence-corrected chi connectivity index (χ0v) is 8.06. The van der Waals surface area contributed by atoms with Gasteiger partial charge >= 0.3 is 5.97 Å². The molecule has 2 rings (SSSR count). The summed E-state index contributed by atoms with van der Waals surface area (Å²) < 4.78 is 0. The highest BCUT2D eigenvalue weighted by atomic mass is 16.7. The van der Waals surface area contributed by atoms with Crippen LogP contribution in [0, 0.1) is 0 Å². The molecule has 82 valence electrons. The van der Waals surface area contributed by atoms with Crippen molar-refractivity contribution in [3.63, 3.8) is 0 Å². The predicted octanol–water partition coefficient (Wildman–Crippen LogP) is -0.542. The number of fused-ring (bicyclic) bond motifs is 1. The van der Waals surface area contributed by atoms with Crippen LogP contribution < -0.4 is 17.0 Å². The number of hydrogen-bond donors (Lipinski definition) is 3. The van der Waals surface area contributed by atoms with Gasteiger partial charge in [0.1, 0.15) is 0 Å². The van der Waals surface area contributed by atoms with Crippen LogP contribution in [0.2, 0.25) is 0 Å². The van der Waals surface area contributed by atoms with Gasteiger partial charge in [0.05, 0.1) is 5.39 Å². The quantitative estimate of drug-likeness (QED) is 0.463. The van der Waals surface area contributed by atoms with Crippen LogP contribution in [0.3, 0.4) is 0 Å². The summed E-state index contributed by atoms with van der Waals surface area (Å²) in [5.74, 6) is 4.08. The fraction of sp³-hybridized carbons (Fsp3) is 0. The van der Waals surface area contributed by atoms with Gasteiger partial charge in [0.25, 0.3) is 5.56 Å². The van der Waals surface area contributed by atoms with Gasteiger partial charge in [-0.3, -0.25) is 4.79 Å². The fourth-order valence-corrected chi connectivity index (χ4v) is 1.37. The van der Waals surface area contributed by atoms with Gasteiger partial charge in [-0.1, -0.05) is 23.8 Å². The number of aromatic amines is 1. The Balaban J connectivity index is 2.68. The lowest BCUT2D eigenvalue weighted by atomic mass is 10.1. The number of carbonyl (C=O) groups is 1. The Hall–Kier alpha value is -2.25. The third-order valence-corrected chi connectivity index (χ3v) is 2.04. The Morgan fingerprint density at radius 1 is 1.38 bits per heavy atom. The molecule has 0 unspecified atom stereocenters. The minimum atomic E-state index is -0.769. The average Bonchev–Trinajstić information content (AvgIpc) is 2.30. The van der Waals surface area contributed by atoms with E-state index in [-0.39, 0.29) is 11.3 Å². The zero-order chi connectivity index (χ0) is 11.5. The Labute approximate surface area is 89.1 Å². The second kappa shape index (κ2) is 4.09. The molecule has 0 amide bonds. The standard InChI is InChI=1S/C9H8N4O3/c10-13-16-9(15)7-5-3-1-2-4-6(5)8(14)12-11-7/h1-4,13H,10H2,(H,12,14). The molecule has 7 nitrogen and oxygen atoms in total. The molecular formula is C9H8N4O3. The van der Waals surface area contributed by atoms with Crippen LogP contribution in [0.4, 0.5) is 0 Å². The monoisotopic (exact) mass is 220 g/mol. The van der Waals surface area contributed by atoms with Crippen molar-refractivity contribution in [1.82, 2.24) is 15.8 Å². The number of hydrazine groups is 1. The molecule has 0 atom stereocenters. The molecule has 4 N–H and O–H groups in total. The average molecular weight is 220 g/mol. The largest absolute Gasteiger partial charge is 0.379 e. The fourth-order valence-electron chi connectivity index (χ4n) is 1.37. The van der Waals surface area contributed by atoms with E-state index in [1.54, 1.807) is 29.9 Å². The number of nitrogens with one attached hydrogen (secondary N) is 2. The van der Waals surface area contributed by atoms with Crippen LogP contribution in [0.25, 0.3) is 10.8 Å². The number of nitrogens with zero attached hydrogens (tertiary/aromatic N) is 1. The Bertz CT molecular complexity index is 593. The molecule has 0 aliphatic heterocycles. The Morgan fingerprint density at radius 3 is 2.75 bits per heavy atom. The molecule has 0 bridgehead atoms. The van der Waals surface area contributed by atoms with Crippen molar-refractivity contribution in [1.29, 1.82) is 0 Å². The molecule has 1 aromatic heterocycles. The van der Waals surface area contributed by atoms with E-state index in [0.717, 1.165) is 0 Å². The summed E-state index contributed by atoms with van der Waals surface area (Å²) >= 11 is 0. The first-order chi connectivity index (χ1) is 7.74. The first-order valence-corrected chi connectivity index (χ1v) is 4.38. The predicted molar refractivity (Wildman–Crippen MR) is 55.1 cm³/mol. The second-order valence-corrected chi connectivity index (χ2v) is 2.95. The van der Waals surface area contributed by atoms with E-state index in [1.165, 1.54) is 0 Å². The first kappa shape index (κ1) is 10.3. The van der Waals surface area contributed by atoms with Gasteiger partial charge < -0.3 is 4.84 Å². The molecule has 1 heterocycles. The molecule has 0 fully saturated rings. The van der Waals surface area contributed by atoms with E-state index in [1.807, 2.05) is 0 Å². The van der Waals surface area contributed by atoms with Gasteiger partial charge in [-0.05, 0) is 6.07 Å². The summed E-state index contributed by atoms with van der Waals surface area (Å²) in [5.41, 5.74) is 1.39. The topological polar surface area (TPSA) is 110 Å². The van der Waals surface area contributed by atoms with Crippen LogP contribution in [-0.4, -0.2) is 16.2 Å². The summed E-state index contributed by atoms with van der Waals surface area (Å²) in [7, 11) is 0. The smallest absolute Gasteiger partial charge is 0.350 e. The third kappa shape index (κ3) is 1.64. The van der Waals surface area contributed by atoms with Crippen LogP contribution in [0.5, 0.6) is 0 Å². The molecule has 0 saturated carbocycles. The molecule has 2 aromatic rings. The van der Waals surface area contributed by atoms with Gasteiger partial charge in [0.2, 0.25) is 0 Å². The number of hydrogen-bond acceptors (Lipinski definition) is 6. The molecule has 0 aliphatic rings. The van der Waals surface area contributed by atoms with Gasteiger partial charge in [-0.2, -0.15) is 5.10 Å². The van der Waals surface area contributed by atoms with E-state index in [0.29, 0.717) is 10.8 Å². The molecule has 7 heteroatoms. The summed E-state index contributed by atoms with van der Waals surface area (Å²) in [4.78, 5) is 27.2. The van der Waals surface area contributed by atoms with Gasteiger partial charge in [-0.15, -0.1) is 0 Å². The number of carbonyl (C=O) groups excluding carboxylic acids is 1. The molecule has 0 aliphatic carbocycles. The van der Waals surface area contributed by atoms with E-state index in [4.69, 9.17) is 5.84 Å². The SMILES string of the molecule is NNOC(=O)c1n[nH]c(=O)c2ccccc12. The van der Waals surface area contributed by atoms with E-state index < -0.39 is 5.97 Å². The van der Waals surface area contributed by atoms with Crippen LogP contribution in [0.1, 0.15) is 10.5 Å². The van der Waals surface area contributed by atoms with Crippen molar-refractivity contribution in [2.75, 3.05) is 0 Å².